The Labute approximate surface area is 152 Å². The van der Waals surface area contributed by atoms with E-state index >= 15 is 0 Å². The molecule has 1 heterocycles. The Bertz CT molecular complexity index is 932. The van der Waals surface area contributed by atoms with Crippen LogP contribution < -0.4 is 10.6 Å². The number of rotatable bonds is 5. The Morgan fingerprint density at radius 1 is 1.16 bits per heavy atom. The lowest BCUT2D eigenvalue weighted by molar-refractivity contribution is 0.102. The van der Waals surface area contributed by atoms with Crippen LogP contribution >= 0.6 is 15.9 Å². The van der Waals surface area contributed by atoms with E-state index in [1.165, 1.54) is 12.1 Å². The first-order chi connectivity index (χ1) is 12.1. The van der Waals surface area contributed by atoms with Gasteiger partial charge >= 0.3 is 0 Å². The van der Waals surface area contributed by atoms with E-state index in [1.54, 1.807) is 12.1 Å². The molecule has 0 aliphatic rings. The summed E-state index contributed by atoms with van der Waals surface area (Å²) < 4.78 is 14.6. The summed E-state index contributed by atoms with van der Waals surface area (Å²) in [5.41, 5.74) is 1.51. The van der Waals surface area contributed by atoms with Crippen molar-refractivity contribution in [2.75, 3.05) is 17.2 Å². The van der Waals surface area contributed by atoms with Gasteiger partial charge in [-0.3, -0.25) is 4.79 Å². The van der Waals surface area contributed by atoms with Gasteiger partial charge in [-0.15, -0.1) is 0 Å². The number of carbonyl (C=O) groups excluding carboxylic acids is 1. The molecule has 0 radical (unpaired) electrons. The molecule has 3 rings (SSSR count). The molecule has 0 saturated heterocycles. The Kier molecular flexibility index (Phi) is 5.23. The van der Waals surface area contributed by atoms with E-state index in [9.17, 15) is 9.18 Å². The summed E-state index contributed by atoms with van der Waals surface area (Å²) in [5.74, 6) is -0.659. The summed E-state index contributed by atoms with van der Waals surface area (Å²) in [5, 5.41) is 5.67. The number of carbonyl (C=O) groups is 1. The second-order valence-electron chi connectivity index (χ2n) is 5.41. The highest BCUT2D eigenvalue weighted by molar-refractivity contribution is 9.10. The molecule has 1 aromatic heterocycles. The first kappa shape index (κ1) is 17.3. The normalized spacial score (nSPS) is 10.7. The van der Waals surface area contributed by atoms with Crippen LogP contribution in [0.15, 0.2) is 46.9 Å². The fourth-order valence-electron chi connectivity index (χ4n) is 2.30. The predicted molar refractivity (Wildman–Crippen MR) is 100 cm³/mol. The highest BCUT2D eigenvalue weighted by Crippen LogP contribution is 2.22. The molecule has 0 saturated carbocycles. The van der Waals surface area contributed by atoms with Gasteiger partial charge in [0.15, 0.2) is 11.5 Å². The second kappa shape index (κ2) is 7.57. The van der Waals surface area contributed by atoms with Gasteiger partial charge in [-0.25, -0.2) is 14.4 Å². The molecule has 3 aromatic rings. The molecule has 0 atom stereocenters. The van der Waals surface area contributed by atoms with Gasteiger partial charge in [0.25, 0.3) is 5.91 Å². The van der Waals surface area contributed by atoms with E-state index in [-0.39, 0.29) is 11.4 Å². The second-order valence-corrected chi connectivity index (χ2v) is 6.33. The summed E-state index contributed by atoms with van der Waals surface area (Å²) in [4.78, 5) is 21.5. The number of halogens is 2. The van der Waals surface area contributed by atoms with E-state index in [2.05, 4.69) is 36.5 Å². The molecule has 25 heavy (non-hydrogen) atoms. The number of fused-ring (bicyclic) bond motifs is 1. The Hall–Kier alpha value is -2.54. The van der Waals surface area contributed by atoms with E-state index in [1.807, 2.05) is 25.1 Å². The first-order valence-electron chi connectivity index (χ1n) is 7.85. The van der Waals surface area contributed by atoms with Crippen molar-refractivity contribution in [1.82, 2.24) is 9.97 Å². The van der Waals surface area contributed by atoms with E-state index in [4.69, 9.17) is 0 Å². The van der Waals surface area contributed by atoms with Crippen molar-refractivity contribution >= 4 is 44.4 Å². The minimum absolute atomic E-state index is 0.0876. The van der Waals surface area contributed by atoms with Crippen LogP contribution in [0.2, 0.25) is 0 Å². The van der Waals surface area contributed by atoms with Crippen LogP contribution in [0.4, 0.5) is 15.9 Å². The maximum Gasteiger partial charge on any atom is 0.278 e. The summed E-state index contributed by atoms with van der Waals surface area (Å²) in [6.45, 7) is 2.67. The number of hydrogen-bond donors (Lipinski definition) is 2. The molecule has 7 heteroatoms. The number of hydrogen-bond acceptors (Lipinski definition) is 4. The van der Waals surface area contributed by atoms with Crippen molar-refractivity contribution in [2.45, 2.75) is 13.3 Å². The molecule has 2 N–H and O–H groups in total. The topological polar surface area (TPSA) is 66.9 Å². The van der Waals surface area contributed by atoms with Crippen LogP contribution in [0.5, 0.6) is 0 Å². The lowest BCUT2D eigenvalue weighted by Crippen LogP contribution is -2.19. The smallest absolute Gasteiger partial charge is 0.278 e. The molecule has 2 aromatic carbocycles. The molecule has 0 aliphatic carbocycles. The van der Waals surface area contributed by atoms with Crippen LogP contribution in [-0.2, 0) is 0 Å². The van der Waals surface area contributed by atoms with Crippen molar-refractivity contribution in [3.63, 3.8) is 0 Å². The largest absolute Gasteiger partial charge is 0.368 e. The van der Waals surface area contributed by atoms with Gasteiger partial charge in [0.1, 0.15) is 5.82 Å². The van der Waals surface area contributed by atoms with Crippen molar-refractivity contribution in [3.8, 4) is 0 Å². The zero-order valence-electron chi connectivity index (χ0n) is 13.5. The molecule has 0 aliphatic heterocycles. The van der Waals surface area contributed by atoms with Crippen molar-refractivity contribution < 1.29 is 9.18 Å². The lowest BCUT2D eigenvalue weighted by atomic mass is 10.2. The highest BCUT2D eigenvalue weighted by Gasteiger charge is 2.18. The quantitative estimate of drug-likeness (QED) is 0.653. The maximum atomic E-state index is 14.0. The molecule has 5 nitrogen and oxygen atoms in total. The first-order valence-corrected chi connectivity index (χ1v) is 8.65. The van der Waals surface area contributed by atoms with Crippen LogP contribution in [0.3, 0.4) is 0 Å². The van der Waals surface area contributed by atoms with Gasteiger partial charge in [-0.2, -0.15) is 0 Å². The van der Waals surface area contributed by atoms with E-state index < -0.39 is 11.7 Å². The van der Waals surface area contributed by atoms with Crippen molar-refractivity contribution in [2.24, 2.45) is 0 Å². The van der Waals surface area contributed by atoms with Gasteiger partial charge in [-0.05, 0) is 36.8 Å². The Balaban J connectivity index is 1.98. The van der Waals surface area contributed by atoms with Crippen LogP contribution in [-0.4, -0.2) is 22.4 Å². The maximum absolute atomic E-state index is 14.0. The van der Waals surface area contributed by atoms with E-state index in [0.29, 0.717) is 27.9 Å². The van der Waals surface area contributed by atoms with Crippen molar-refractivity contribution in [1.29, 1.82) is 0 Å². The molecule has 0 fully saturated rings. The molecule has 1 amide bonds. The predicted octanol–water partition coefficient (Wildman–Crippen LogP) is 4.61. The molecular formula is C18H16BrFN4O. The van der Waals surface area contributed by atoms with Gasteiger partial charge in [-0.1, -0.05) is 35.0 Å². The Morgan fingerprint density at radius 2 is 1.88 bits per heavy atom. The monoisotopic (exact) mass is 402 g/mol. The fourth-order valence-corrected chi connectivity index (χ4v) is 2.63. The van der Waals surface area contributed by atoms with Gasteiger partial charge < -0.3 is 10.6 Å². The number of para-hydroxylation sites is 2. The highest BCUT2D eigenvalue weighted by atomic mass is 79.9. The molecule has 0 unspecified atom stereocenters. The van der Waals surface area contributed by atoms with Crippen LogP contribution in [0.25, 0.3) is 11.0 Å². The average molecular weight is 403 g/mol. The standard InChI is InChI=1S/C18H16BrFN4O/c1-2-9-21-17-16(22-14-5-3-4-6-15(14)23-17)18(25)24-13-8-7-11(19)10-12(13)20/h3-8,10H,2,9H2,1H3,(H,21,23)(H,24,25). The number of benzene rings is 2. The summed E-state index contributed by atoms with van der Waals surface area (Å²) in [6, 6.07) is 11.7. The van der Waals surface area contributed by atoms with Gasteiger partial charge in [0, 0.05) is 11.0 Å². The zero-order valence-corrected chi connectivity index (χ0v) is 15.1. The molecular weight excluding hydrogens is 387 g/mol. The number of nitrogens with zero attached hydrogens (tertiary/aromatic N) is 2. The molecule has 128 valence electrons. The van der Waals surface area contributed by atoms with Crippen LogP contribution in [0, 0.1) is 5.82 Å². The number of nitrogens with one attached hydrogen (secondary N) is 2. The lowest BCUT2D eigenvalue weighted by Gasteiger charge is -2.12. The fraction of sp³-hybridized carbons (Fsp3) is 0.167. The number of anilines is 2. The minimum atomic E-state index is -0.528. The molecule has 0 bridgehead atoms. The third-order valence-electron chi connectivity index (χ3n) is 3.51. The average Bonchev–Trinajstić information content (AvgIpc) is 2.61. The third kappa shape index (κ3) is 3.93. The van der Waals surface area contributed by atoms with Crippen LogP contribution in [0.1, 0.15) is 23.8 Å². The van der Waals surface area contributed by atoms with Crippen molar-refractivity contribution in [3.05, 3.63) is 58.4 Å². The SMILES string of the molecule is CCCNc1nc2ccccc2nc1C(=O)Nc1ccc(Br)cc1F. The molecule has 0 spiro atoms. The Morgan fingerprint density at radius 3 is 2.56 bits per heavy atom. The summed E-state index contributed by atoms with van der Waals surface area (Å²) >= 11 is 3.19. The van der Waals surface area contributed by atoms with E-state index in [0.717, 1.165) is 6.42 Å². The number of amides is 1. The third-order valence-corrected chi connectivity index (χ3v) is 4.00. The number of aromatic nitrogens is 2. The summed E-state index contributed by atoms with van der Waals surface area (Å²) in [6.07, 6.45) is 0.872. The zero-order chi connectivity index (χ0) is 17.8. The minimum Gasteiger partial charge on any atom is -0.368 e. The summed E-state index contributed by atoms with van der Waals surface area (Å²) in [7, 11) is 0. The van der Waals surface area contributed by atoms with Gasteiger partial charge in [0.2, 0.25) is 0 Å². The van der Waals surface area contributed by atoms with Gasteiger partial charge in [0.05, 0.1) is 16.7 Å².